The summed E-state index contributed by atoms with van der Waals surface area (Å²) in [4.78, 5) is 4.02. The first-order chi connectivity index (χ1) is 10.6. The van der Waals surface area contributed by atoms with Crippen molar-refractivity contribution in [3.8, 4) is 0 Å². The number of hydrogen-bond donors (Lipinski definition) is 2. The molecule has 0 amide bonds. The van der Waals surface area contributed by atoms with Crippen LogP contribution in [0.25, 0.3) is 0 Å². The van der Waals surface area contributed by atoms with Gasteiger partial charge >= 0.3 is 0 Å². The van der Waals surface area contributed by atoms with Crippen molar-refractivity contribution < 1.29 is 8.42 Å². The lowest BCUT2D eigenvalue weighted by Gasteiger charge is -2.20. The Hall–Kier alpha value is -1.29. The number of rotatable bonds is 6. The summed E-state index contributed by atoms with van der Waals surface area (Å²) >= 11 is 0. The van der Waals surface area contributed by atoms with E-state index in [4.69, 9.17) is 0 Å². The number of hydrogen-bond acceptors (Lipinski definition) is 3. The van der Waals surface area contributed by atoms with Gasteiger partial charge in [0.05, 0.1) is 11.4 Å². The molecule has 2 rings (SSSR count). The van der Waals surface area contributed by atoms with Gasteiger partial charge in [-0.25, -0.2) is 8.42 Å². The maximum absolute atomic E-state index is 12.5. The summed E-state index contributed by atoms with van der Waals surface area (Å²) in [5, 5.41) is 6.00. The molecule has 0 saturated heterocycles. The van der Waals surface area contributed by atoms with E-state index in [0.717, 1.165) is 17.7 Å². The molecule has 6 nitrogen and oxygen atoms in total. The Kier molecular flexibility index (Phi) is 7.83. The van der Waals surface area contributed by atoms with Crippen molar-refractivity contribution >= 4 is 45.6 Å². The standard InChI is InChI=1S/C15H22N4O2S.HI/c1-3-9-17-15(16-2)18-10-12-22(20,21)19-11-8-13-6-4-5-7-14(13)19;/h3-7H,1,8-12H2,2H3,(H2,16,17,18);1H. The van der Waals surface area contributed by atoms with Crippen LogP contribution in [0, 0.1) is 0 Å². The highest BCUT2D eigenvalue weighted by atomic mass is 127. The van der Waals surface area contributed by atoms with Crippen LogP contribution in [0.5, 0.6) is 0 Å². The van der Waals surface area contributed by atoms with Gasteiger partial charge in [-0.15, -0.1) is 30.6 Å². The molecular weight excluding hydrogens is 427 g/mol. The number of sulfonamides is 1. The van der Waals surface area contributed by atoms with E-state index < -0.39 is 10.0 Å². The van der Waals surface area contributed by atoms with Gasteiger partial charge in [0.25, 0.3) is 0 Å². The molecule has 0 bridgehead atoms. The smallest absolute Gasteiger partial charge is 0.236 e. The number of anilines is 1. The molecule has 0 aromatic heterocycles. The molecule has 1 aliphatic rings. The molecule has 1 heterocycles. The molecule has 0 spiro atoms. The SMILES string of the molecule is C=CCNC(=NC)NCCS(=O)(=O)N1CCc2ccccc21.I. The average Bonchev–Trinajstić information content (AvgIpc) is 2.95. The summed E-state index contributed by atoms with van der Waals surface area (Å²) in [5.41, 5.74) is 1.89. The summed E-state index contributed by atoms with van der Waals surface area (Å²) in [6.45, 7) is 5.01. The quantitative estimate of drug-likeness (QED) is 0.297. The topological polar surface area (TPSA) is 73.8 Å². The van der Waals surface area contributed by atoms with Crippen molar-refractivity contribution in [1.82, 2.24) is 10.6 Å². The molecule has 8 heteroatoms. The maximum Gasteiger partial charge on any atom is 0.236 e. The number of halogens is 1. The number of nitrogens with one attached hydrogen (secondary N) is 2. The molecule has 1 aromatic carbocycles. The monoisotopic (exact) mass is 450 g/mol. The number of para-hydroxylation sites is 1. The average molecular weight is 450 g/mol. The second kappa shape index (κ2) is 9.11. The fourth-order valence-corrected chi connectivity index (χ4v) is 3.82. The lowest BCUT2D eigenvalue weighted by atomic mass is 10.2. The van der Waals surface area contributed by atoms with Crippen LogP contribution in [0.1, 0.15) is 5.56 Å². The van der Waals surface area contributed by atoms with Gasteiger partial charge in [0, 0.05) is 26.7 Å². The van der Waals surface area contributed by atoms with Crippen LogP contribution in [0.15, 0.2) is 41.9 Å². The Morgan fingerprint density at radius 3 is 2.83 bits per heavy atom. The minimum absolute atomic E-state index is 0. The number of benzene rings is 1. The second-order valence-corrected chi connectivity index (χ2v) is 6.95. The molecule has 0 unspecified atom stereocenters. The summed E-state index contributed by atoms with van der Waals surface area (Å²) in [5.74, 6) is 0.591. The predicted molar refractivity (Wildman–Crippen MR) is 106 cm³/mol. The van der Waals surface area contributed by atoms with E-state index in [1.165, 1.54) is 4.31 Å². The van der Waals surface area contributed by atoms with Crippen LogP contribution < -0.4 is 14.9 Å². The van der Waals surface area contributed by atoms with E-state index >= 15 is 0 Å². The highest BCUT2D eigenvalue weighted by Gasteiger charge is 2.28. The Morgan fingerprint density at radius 2 is 2.13 bits per heavy atom. The first kappa shape index (κ1) is 19.8. The Bertz CT molecular complexity index is 661. The van der Waals surface area contributed by atoms with Crippen LogP contribution >= 0.6 is 24.0 Å². The molecular formula is C15H23IN4O2S. The number of fused-ring (bicyclic) bond motifs is 1. The third-order valence-electron chi connectivity index (χ3n) is 3.47. The predicted octanol–water partition coefficient (Wildman–Crippen LogP) is 1.35. The Balaban J connectivity index is 0.00000264. The molecule has 1 aliphatic heterocycles. The van der Waals surface area contributed by atoms with Gasteiger partial charge in [0.1, 0.15) is 0 Å². The highest BCUT2D eigenvalue weighted by molar-refractivity contribution is 14.0. The van der Waals surface area contributed by atoms with Crippen LogP contribution in [-0.2, 0) is 16.4 Å². The van der Waals surface area contributed by atoms with Gasteiger partial charge < -0.3 is 10.6 Å². The van der Waals surface area contributed by atoms with Crippen LogP contribution in [0.4, 0.5) is 5.69 Å². The van der Waals surface area contributed by atoms with E-state index in [0.29, 0.717) is 25.6 Å². The van der Waals surface area contributed by atoms with Gasteiger partial charge in [0.15, 0.2) is 5.96 Å². The first-order valence-corrected chi connectivity index (χ1v) is 8.83. The lowest BCUT2D eigenvalue weighted by molar-refractivity contribution is 0.591. The highest BCUT2D eigenvalue weighted by Crippen LogP contribution is 2.29. The zero-order chi connectivity index (χ0) is 16.0. The van der Waals surface area contributed by atoms with Gasteiger partial charge in [-0.05, 0) is 18.1 Å². The van der Waals surface area contributed by atoms with E-state index in [1.54, 1.807) is 13.1 Å². The first-order valence-electron chi connectivity index (χ1n) is 7.22. The molecule has 0 aliphatic carbocycles. The number of nitrogens with zero attached hydrogens (tertiary/aromatic N) is 2. The zero-order valence-electron chi connectivity index (χ0n) is 13.2. The largest absolute Gasteiger partial charge is 0.355 e. The summed E-state index contributed by atoms with van der Waals surface area (Å²) in [7, 11) is -1.69. The van der Waals surface area contributed by atoms with E-state index in [2.05, 4.69) is 22.2 Å². The minimum Gasteiger partial charge on any atom is -0.355 e. The zero-order valence-corrected chi connectivity index (χ0v) is 16.3. The van der Waals surface area contributed by atoms with Crippen molar-refractivity contribution in [2.45, 2.75) is 6.42 Å². The van der Waals surface area contributed by atoms with Gasteiger partial charge in [0.2, 0.25) is 10.0 Å². The summed E-state index contributed by atoms with van der Waals surface area (Å²) in [6, 6.07) is 7.64. The fraction of sp³-hybridized carbons (Fsp3) is 0.400. The minimum atomic E-state index is -3.33. The Labute approximate surface area is 155 Å². The molecule has 0 saturated carbocycles. The van der Waals surface area contributed by atoms with Crippen molar-refractivity contribution in [2.24, 2.45) is 4.99 Å². The van der Waals surface area contributed by atoms with Gasteiger partial charge in [-0.2, -0.15) is 0 Å². The number of guanidine groups is 1. The maximum atomic E-state index is 12.5. The summed E-state index contributed by atoms with van der Waals surface area (Å²) < 4.78 is 26.5. The van der Waals surface area contributed by atoms with Crippen molar-refractivity contribution in [3.05, 3.63) is 42.5 Å². The van der Waals surface area contributed by atoms with Gasteiger partial charge in [-0.3, -0.25) is 9.30 Å². The third kappa shape index (κ3) is 5.10. The third-order valence-corrected chi connectivity index (χ3v) is 5.24. The molecule has 0 atom stereocenters. The van der Waals surface area contributed by atoms with Crippen molar-refractivity contribution in [1.29, 1.82) is 0 Å². The molecule has 1 aromatic rings. The van der Waals surface area contributed by atoms with Crippen LogP contribution in [0.3, 0.4) is 0 Å². The van der Waals surface area contributed by atoms with E-state index in [9.17, 15) is 8.42 Å². The van der Waals surface area contributed by atoms with Gasteiger partial charge in [-0.1, -0.05) is 24.3 Å². The summed E-state index contributed by atoms with van der Waals surface area (Å²) in [6.07, 6.45) is 2.48. The van der Waals surface area contributed by atoms with Crippen molar-refractivity contribution in [3.63, 3.8) is 0 Å². The molecule has 23 heavy (non-hydrogen) atoms. The molecule has 0 fully saturated rings. The molecule has 128 valence electrons. The van der Waals surface area contributed by atoms with Crippen LogP contribution in [0.2, 0.25) is 0 Å². The van der Waals surface area contributed by atoms with Crippen molar-refractivity contribution in [2.75, 3.05) is 36.7 Å². The Morgan fingerprint density at radius 1 is 1.39 bits per heavy atom. The number of aliphatic imine (C=N–C) groups is 1. The van der Waals surface area contributed by atoms with E-state index in [-0.39, 0.29) is 29.7 Å². The van der Waals surface area contributed by atoms with Crippen LogP contribution in [-0.4, -0.2) is 46.8 Å². The fourth-order valence-electron chi connectivity index (χ4n) is 2.39. The molecule has 2 N–H and O–H groups in total. The molecule has 0 radical (unpaired) electrons. The lowest BCUT2D eigenvalue weighted by Crippen LogP contribution is -2.41. The normalized spacial score (nSPS) is 14.0. The van der Waals surface area contributed by atoms with E-state index in [1.807, 2.05) is 24.3 Å². The second-order valence-electron chi connectivity index (χ2n) is 4.94.